The molecule has 1 unspecified atom stereocenters. The maximum atomic E-state index is 13.1. The number of amides is 3. The van der Waals surface area contributed by atoms with E-state index in [0.29, 0.717) is 5.76 Å². The van der Waals surface area contributed by atoms with E-state index < -0.39 is 36.3 Å². The molecule has 3 aromatic rings. The molecular weight excluding hydrogens is 424 g/mol. The van der Waals surface area contributed by atoms with Gasteiger partial charge in [0.1, 0.15) is 11.8 Å². The Bertz CT molecular complexity index is 1140. The second-order valence-corrected chi connectivity index (χ2v) is 7.67. The number of hydrogen-bond acceptors (Lipinski definition) is 6. The normalized spacial score (nSPS) is 13.5. The van der Waals surface area contributed by atoms with E-state index >= 15 is 0 Å². The highest BCUT2D eigenvalue weighted by Crippen LogP contribution is 2.26. The van der Waals surface area contributed by atoms with Gasteiger partial charge in [0.05, 0.1) is 23.9 Å². The Kier molecular flexibility index (Phi) is 6.35. The van der Waals surface area contributed by atoms with E-state index in [9.17, 15) is 19.2 Å². The van der Waals surface area contributed by atoms with Gasteiger partial charge in [-0.05, 0) is 29.8 Å². The monoisotopic (exact) mass is 446 g/mol. The molecule has 168 valence electrons. The largest absolute Gasteiger partial charge is 0.467 e. The summed E-state index contributed by atoms with van der Waals surface area (Å²) in [5, 5.41) is 0. The van der Waals surface area contributed by atoms with Crippen LogP contribution in [-0.2, 0) is 27.3 Å². The minimum atomic E-state index is -1.21. The Morgan fingerprint density at radius 3 is 2.18 bits per heavy atom. The summed E-state index contributed by atoms with van der Waals surface area (Å²) in [6, 6.07) is 17.7. The van der Waals surface area contributed by atoms with Gasteiger partial charge in [0.15, 0.2) is 6.61 Å². The molecule has 0 aliphatic carbocycles. The van der Waals surface area contributed by atoms with Gasteiger partial charge in [-0.1, -0.05) is 42.5 Å². The minimum Gasteiger partial charge on any atom is -0.467 e. The van der Waals surface area contributed by atoms with E-state index in [4.69, 9.17) is 9.15 Å². The van der Waals surface area contributed by atoms with E-state index in [1.807, 2.05) is 6.07 Å². The van der Waals surface area contributed by atoms with Gasteiger partial charge < -0.3 is 14.1 Å². The molecule has 0 radical (unpaired) electrons. The summed E-state index contributed by atoms with van der Waals surface area (Å²) < 4.78 is 10.5. The highest BCUT2D eigenvalue weighted by atomic mass is 16.5. The third kappa shape index (κ3) is 4.69. The first kappa shape index (κ1) is 22.0. The van der Waals surface area contributed by atoms with Gasteiger partial charge in [-0.2, -0.15) is 0 Å². The van der Waals surface area contributed by atoms with Crippen LogP contribution in [0, 0.1) is 0 Å². The van der Waals surface area contributed by atoms with Crippen molar-refractivity contribution in [2.45, 2.75) is 19.0 Å². The van der Waals surface area contributed by atoms with Crippen LogP contribution in [0.25, 0.3) is 0 Å². The summed E-state index contributed by atoms with van der Waals surface area (Å²) in [7, 11) is 1.56. The predicted molar refractivity (Wildman–Crippen MR) is 117 cm³/mol. The Morgan fingerprint density at radius 2 is 1.58 bits per heavy atom. The second kappa shape index (κ2) is 9.52. The molecule has 0 N–H and O–H groups in total. The van der Waals surface area contributed by atoms with Crippen molar-refractivity contribution in [3.05, 3.63) is 95.4 Å². The molecule has 1 aromatic heterocycles. The van der Waals surface area contributed by atoms with E-state index in [2.05, 4.69) is 0 Å². The van der Waals surface area contributed by atoms with Crippen LogP contribution >= 0.6 is 0 Å². The predicted octanol–water partition coefficient (Wildman–Crippen LogP) is 2.69. The molecule has 33 heavy (non-hydrogen) atoms. The van der Waals surface area contributed by atoms with Gasteiger partial charge in [0.2, 0.25) is 0 Å². The van der Waals surface area contributed by atoms with Crippen LogP contribution < -0.4 is 0 Å². The smallest absolute Gasteiger partial charge is 0.330 e. The van der Waals surface area contributed by atoms with Crippen molar-refractivity contribution in [1.29, 1.82) is 0 Å². The number of fused-ring (bicyclic) bond motifs is 1. The van der Waals surface area contributed by atoms with Gasteiger partial charge >= 0.3 is 5.97 Å². The third-order valence-electron chi connectivity index (χ3n) is 5.42. The maximum absolute atomic E-state index is 13.1. The minimum absolute atomic E-state index is 0.0710. The Labute approximate surface area is 190 Å². The van der Waals surface area contributed by atoms with Crippen molar-refractivity contribution < 1.29 is 28.3 Å². The zero-order valence-electron chi connectivity index (χ0n) is 18.0. The average Bonchev–Trinajstić information content (AvgIpc) is 3.43. The summed E-state index contributed by atoms with van der Waals surface area (Å²) in [6.45, 7) is -0.306. The molecule has 1 atom stereocenters. The summed E-state index contributed by atoms with van der Waals surface area (Å²) in [6.07, 6.45) is 1.57. The Hall–Kier alpha value is -4.20. The molecule has 2 aromatic carbocycles. The molecule has 1 aliphatic rings. The first-order valence-electron chi connectivity index (χ1n) is 10.4. The number of nitrogens with zero attached hydrogens (tertiary/aromatic N) is 2. The number of esters is 1. The first-order valence-corrected chi connectivity index (χ1v) is 10.4. The van der Waals surface area contributed by atoms with Crippen molar-refractivity contribution in [2.24, 2.45) is 0 Å². The molecule has 0 saturated heterocycles. The molecule has 0 bridgehead atoms. The number of rotatable bonds is 8. The first-order chi connectivity index (χ1) is 16.0. The lowest BCUT2D eigenvalue weighted by molar-refractivity contribution is -0.155. The van der Waals surface area contributed by atoms with Crippen molar-refractivity contribution in [3.8, 4) is 0 Å². The number of benzene rings is 2. The zero-order chi connectivity index (χ0) is 23.4. The molecular formula is C25H22N2O6. The number of carbonyl (C=O) groups is 4. The molecule has 0 spiro atoms. The fourth-order valence-corrected chi connectivity index (χ4v) is 3.67. The van der Waals surface area contributed by atoms with Crippen molar-refractivity contribution >= 4 is 23.7 Å². The molecule has 8 heteroatoms. The van der Waals surface area contributed by atoms with Gasteiger partial charge in [-0.3, -0.25) is 19.3 Å². The van der Waals surface area contributed by atoms with Crippen LogP contribution in [0.4, 0.5) is 0 Å². The number of likely N-dealkylation sites (N-methyl/N-ethyl adjacent to an activating group) is 1. The summed E-state index contributed by atoms with van der Waals surface area (Å²) in [5.41, 5.74) is 1.22. The fraction of sp³-hybridized carbons (Fsp3) is 0.200. The molecule has 8 nitrogen and oxygen atoms in total. The molecule has 0 saturated carbocycles. The molecule has 2 heterocycles. The number of carbonyl (C=O) groups excluding carboxylic acids is 4. The molecule has 0 fully saturated rings. The van der Waals surface area contributed by atoms with Gasteiger partial charge in [-0.25, -0.2) is 4.79 Å². The van der Waals surface area contributed by atoms with Crippen molar-refractivity contribution in [2.75, 3.05) is 13.7 Å². The van der Waals surface area contributed by atoms with Crippen LogP contribution in [0.5, 0.6) is 0 Å². The lowest BCUT2D eigenvalue weighted by Crippen LogP contribution is -2.47. The Morgan fingerprint density at radius 1 is 0.939 bits per heavy atom. The maximum Gasteiger partial charge on any atom is 0.330 e. The highest BCUT2D eigenvalue weighted by Gasteiger charge is 2.43. The number of furan rings is 1. The molecule has 1 aliphatic heterocycles. The molecule has 3 amide bonds. The molecule has 4 rings (SSSR count). The van der Waals surface area contributed by atoms with Crippen molar-refractivity contribution in [1.82, 2.24) is 9.80 Å². The highest BCUT2D eigenvalue weighted by molar-refractivity contribution is 6.22. The van der Waals surface area contributed by atoms with Gasteiger partial charge in [0.25, 0.3) is 17.7 Å². The summed E-state index contributed by atoms with van der Waals surface area (Å²) >= 11 is 0. The van der Waals surface area contributed by atoms with Gasteiger partial charge in [0, 0.05) is 13.5 Å². The topological polar surface area (TPSA) is 97.1 Å². The van der Waals surface area contributed by atoms with Crippen LogP contribution in [0.15, 0.2) is 77.4 Å². The zero-order valence-corrected chi connectivity index (χ0v) is 18.0. The fourth-order valence-electron chi connectivity index (χ4n) is 3.67. The average molecular weight is 446 g/mol. The standard InChI is InChI=1S/C25H22N2O6/c1-26(15-18-10-7-13-32-18)22(28)16-33-25(31)21(14-17-8-3-2-4-9-17)27-23(29)19-11-5-6-12-20(19)24(27)30/h2-13,21H,14-16H2,1H3. The lowest BCUT2D eigenvalue weighted by atomic mass is 10.0. The third-order valence-corrected chi connectivity index (χ3v) is 5.42. The van der Waals surface area contributed by atoms with Gasteiger partial charge in [-0.15, -0.1) is 0 Å². The second-order valence-electron chi connectivity index (χ2n) is 7.67. The van der Waals surface area contributed by atoms with Crippen molar-refractivity contribution in [3.63, 3.8) is 0 Å². The quantitative estimate of drug-likeness (QED) is 0.390. The van der Waals surface area contributed by atoms with Crippen LogP contribution in [-0.4, -0.2) is 53.2 Å². The number of imide groups is 1. The van der Waals surface area contributed by atoms with Crippen LogP contribution in [0.1, 0.15) is 32.0 Å². The lowest BCUT2D eigenvalue weighted by Gasteiger charge is -2.25. The SMILES string of the molecule is CN(Cc1ccco1)C(=O)COC(=O)C(Cc1ccccc1)N1C(=O)c2ccccc2C1=O. The van der Waals surface area contributed by atoms with E-state index in [1.54, 1.807) is 67.7 Å². The summed E-state index contributed by atoms with van der Waals surface area (Å²) in [5.74, 6) is -1.80. The number of ether oxygens (including phenoxy) is 1. The Balaban J connectivity index is 1.50. The van der Waals surface area contributed by atoms with E-state index in [1.165, 1.54) is 11.2 Å². The van der Waals surface area contributed by atoms with E-state index in [0.717, 1.165) is 10.5 Å². The summed E-state index contributed by atoms with van der Waals surface area (Å²) in [4.78, 5) is 53.8. The van der Waals surface area contributed by atoms with E-state index in [-0.39, 0.29) is 24.1 Å². The van der Waals surface area contributed by atoms with Crippen LogP contribution in [0.3, 0.4) is 0 Å². The number of hydrogen-bond donors (Lipinski definition) is 0. The van der Waals surface area contributed by atoms with Crippen LogP contribution in [0.2, 0.25) is 0 Å².